The molecule has 1 heterocycles. The molecule has 0 saturated heterocycles. The van der Waals surface area contributed by atoms with Gasteiger partial charge in [-0.2, -0.15) is 5.10 Å². The highest BCUT2D eigenvalue weighted by molar-refractivity contribution is 4.96. The van der Waals surface area contributed by atoms with E-state index in [1.165, 1.54) is 0 Å². The summed E-state index contributed by atoms with van der Waals surface area (Å²) in [5, 5.41) is 4.16. The van der Waals surface area contributed by atoms with Crippen LogP contribution in [0.1, 0.15) is 32.1 Å². The minimum absolute atomic E-state index is 0.371. The zero-order chi connectivity index (χ0) is 10.4. The van der Waals surface area contributed by atoms with Gasteiger partial charge >= 0.3 is 0 Å². The third-order valence-electron chi connectivity index (χ3n) is 1.94. The van der Waals surface area contributed by atoms with Crippen molar-refractivity contribution in [3.05, 3.63) is 24.3 Å². The number of nitrogens with zero attached hydrogens (tertiary/aromatic N) is 3. The molecule has 0 fully saturated rings. The Kier molecular flexibility index (Phi) is 4.32. The number of allylic oxidation sites excluding steroid dienone is 1. The van der Waals surface area contributed by atoms with Gasteiger partial charge in [-0.05, 0) is 26.8 Å². The van der Waals surface area contributed by atoms with Crippen molar-refractivity contribution in [1.29, 1.82) is 0 Å². The number of rotatable bonds is 5. The average molecular weight is 194 g/mol. The van der Waals surface area contributed by atoms with Gasteiger partial charge in [0.15, 0.2) is 0 Å². The van der Waals surface area contributed by atoms with E-state index in [-0.39, 0.29) is 0 Å². The number of aromatic nitrogens is 3. The highest BCUT2D eigenvalue weighted by atomic mass is 15.3. The molecule has 0 aliphatic carbocycles. The minimum atomic E-state index is 0.371. The molecule has 0 bridgehead atoms. The summed E-state index contributed by atoms with van der Waals surface area (Å²) in [4.78, 5) is 4.20. The van der Waals surface area contributed by atoms with E-state index in [2.05, 4.69) is 36.1 Å². The fraction of sp³-hybridized carbons (Fsp3) is 0.600. The molecule has 1 aromatic heterocycles. The molecule has 78 valence electrons. The maximum Gasteiger partial charge on any atom is 0.138 e. The Hall–Kier alpha value is -1.16. The van der Waals surface area contributed by atoms with Gasteiger partial charge in [0.2, 0.25) is 0 Å². The van der Waals surface area contributed by atoms with Crippen molar-refractivity contribution in [3.8, 4) is 0 Å². The van der Waals surface area contributed by atoms with Crippen LogP contribution in [0.3, 0.4) is 0 Å². The van der Waals surface area contributed by atoms with Crippen LogP contribution in [-0.4, -0.2) is 21.3 Å². The molecule has 14 heavy (non-hydrogen) atoms. The third kappa shape index (κ3) is 2.96. The number of nitrogens with two attached hydrogens (primary N) is 1. The van der Waals surface area contributed by atoms with Gasteiger partial charge in [-0.1, -0.05) is 12.2 Å². The van der Waals surface area contributed by atoms with Crippen LogP contribution in [0.25, 0.3) is 0 Å². The van der Waals surface area contributed by atoms with Gasteiger partial charge in [0, 0.05) is 12.5 Å². The van der Waals surface area contributed by atoms with Crippen molar-refractivity contribution in [2.45, 2.75) is 32.7 Å². The second-order valence-corrected chi connectivity index (χ2v) is 3.47. The smallest absolute Gasteiger partial charge is 0.138 e. The molecule has 0 unspecified atom stereocenters. The van der Waals surface area contributed by atoms with Crippen molar-refractivity contribution in [3.63, 3.8) is 0 Å². The zero-order valence-electron chi connectivity index (χ0n) is 8.85. The van der Waals surface area contributed by atoms with Crippen LogP contribution in [-0.2, 0) is 6.42 Å². The van der Waals surface area contributed by atoms with Crippen molar-refractivity contribution in [2.75, 3.05) is 6.54 Å². The molecule has 0 amide bonds. The quantitative estimate of drug-likeness (QED) is 0.719. The summed E-state index contributed by atoms with van der Waals surface area (Å²) in [6.07, 6.45) is 7.54. The normalized spacial score (nSPS) is 11.7. The molecule has 0 aliphatic rings. The van der Waals surface area contributed by atoms with E-state index in [9.17, 15) is 0 Å². The predicted molar refractivity (Wildman–Crippen MR) is 56.9 cm³/mol. The van der Waals surface area contributed by atoms with Gasteiger partial charge in [0.05, 0.1) is 0 Å². The maximum absolute atomic E-state index is 5.38. The van der Waals surface area contributed by atoms with Crippen LogP contribution >= 0.6 is 0 Å². The SMILES string of the molecule is CC(C)n1ncnc1CC=CCCN. The molecule has 1 rings (SSSR count). The molecular weight excluding hydrogens is 176 g/mol. The first-order valence-electron chi connectivity index (χ1n) is 4.99. The van der Waals surface area contributed by atoms with Crippen molar-refractivity contribution < 1.29 is 0 Å². The van der Waals surface area contributed by atoms with Gasteiger partial charge in [-0.3, -0.25) is 0 Å². The topological polar surface area (TPSA) is 56.7 Å². The lowest BCUT2D eigenvalue weighted by atomic mass is 10.3. The summed E-state index contributed by atoms with van der Waals surface area (Å²) in [7, 11) is 0. The Bertz CT molecular complexity index is 288. The lowest BCUT2D eigenvalue weighted by Crippen LogP contribution is -2.07. The Morgan fingerprint density at radius 1 is 1.50 bits per heavy atom. The summed E-state index contributed by atoms with van der Waals surface area (Å²) >= 11 is 0. The zero-order valence-corrected chi connectivity index (χ0v) is 8.85. The molecule has 1 aromatic rings. The van der Waals surface area contributed by atoms with Crippen molar-refractivity contribution >= 4 is 0 Å². The molecule has 2 N–H and O–H groups in total. The molecular formula is C10H18N4. The second-order valence-electron chi connectivity index (χ2n) is 3.47. The van der Waals surface area contributed by atoms with Gasteiger partial charge in [-0.25, -0.2) is 9.67 Å². The second kappa shape index (κ2) is 5.54. The van der Waals surface area contributed by atoms with E-state index in [1.807, 2.05) is 4.68 Å². The molecule has 4 nitrogen and oxygen atoms in total. The summed E-state index contributed by atoms with van der Waals surface area (Å²) < 4.78 is 1.94. The summed E-state index contributed by atoms with van der Waals surface area (Å²) in [5.41, 5.74) is 5.38. The highest BCUT2D eigenvalue weighted by Gasteiger charge is 2.04. The lowest BCUT2D eigenvalue weighted by Gasteiger charge is -2.07. The first-order chi connectivity index (χ1) is 6.75. The Morgan fingerprint density at radius 3 is 2.93 bits per heavy atom. The highest BCUT2D eigenvalue weighted by Crippen LogP contribution is 2.05. The van der Waals surface area contributed by atoms with Gasteiger partial charge < -0.3 is 5.73 Å². The van der Waals surface area contributed by atoms with E-state index in [0.717, 1.165) is 18.7 Å². The standard InChI is InChI=1S/C10H18N4/c1-9(2)14-10(12-8-13-14)6-4-3-5-7-11/h3-4,8-9H,5-7,11H2,1-2H3. The van der Waals surface area contributed by atoms with Crippen LogP contribution in [0.2, 0.25) is 0 Å². The van der Waals surface area contributed by atoms with Gasteiger partial charge in [-0.15, -0.1) is 0 Å². The fourth-order valence-corrected chi connectivity index (χ4v) is 1.25. The molecule has 0 spiro atoms. The van der Waals surface area contributed by atoms with Crippen molar-refractivity contribution in [2.24, 2.45) is 5.73 Å². The first kappa shape index (κ1) is 10.9. The summed E-state index contributed by atoms with van der Waals surface area (Å²) in [6, 6.07) is 0.371. The minimum Gasteiger partial charge on any atom is -0.330 e. The first-order valence-corrected chi connectivity index (χ1v) is 4.99. The molecule has 0 radical (unpaired) electrons. The van der Waals surface area contributed by atoms with Crippen LogP contribution in [0, 0.1) is 0 Å². The lowest BCUT2D eigenvalue weighted by molar-refractivity contribution is 0.511. The number of hydrogen-bond donors (Lipinski definition) is 1. The van der Waals surface area contributed by atoms with Gasteiger partial charge in [0.25, 0.3) is 0 Å². The van der Waals surface area contributed by atoms with E-state index in [0.29, 0.717) is 12.6 Å². The van der Waals surface area contributed by atoms with Crippen LogP contribution in [0.5, 0.6) is 0 Å². The third-order valence-corrected chi connectivity index (χ3v) is 1.94. The van der Waals surface area contributed by atoms with Crippen molar-refractivity contribution in [1.82, 2.24) is 14.8 Å². The predicted octanol–water partition coefficient (Wildman–Crippen LogP) is 1.31. The molecule has 0 aliphatic heterocycles. The van der Waals surface area contributed by atoms with E-state index >= 15 is 0 Å². The largest absolute Gasteiger partial charge is 0.330 e. The van der Waals surface area contributed by atoms with E-state index in [4.69, 9.17) is 5.73 Å². The maximum atomic E-state index is 5.38. The summed E-state index contributed by atoms with van der Waals surface area (Å²) in [5.74, 6) is 1.01. The van der Waals surface area contributed by atoms with Crippen LogP contribution in [0.15, 0.2) is 18.5 Å². The number of hydrogen-bond acceptors (Lipinski definition) is 3. The Morgan fingerprint density at radius 2 is 2.29 bits per heavy atom. The fourth-order valence-electron chi connectivity index (χ4n) is 1.25. The average Bonchev–Trinajstić information content (AvgIpc) is 2.60. The van der Waals surface area contributed by atoms with E-state index in [1.54, 1.807) is 6.33 Å². The van der Waals surface area contributed by atoms with Gasteiger partial charge in [0.1, 0.15) is 12.2 Å². The van der Waals surface area contributed by atoms with Crippen LogP contribution < -0.4 is 5.73 Å². The summed E-state index contributed by atoms with van der Waals surface area (Å²) in [6.45, 7) is 4.90. The monoisotopic (exact) mass is 194 g/mol. The van der Waals surface area contributed by atoms with E-state index < -0.39 is 0 Å². The Balaban J connectivity index is 2.54. The molecule has 4 heteroatoms. The molecule has 0 aromatic carbocycles. The molecule has 0 atom stereocenters. The van der Waals surface area contributed by atoms with Crippen LogP contribution in [0.4, 0.5) is 0 Å². The Labute approximate surface area is 84.8 Å². The molecule has 0 saturated carbocycles.